The average Bonchev–Trinajstić information content (AvgIpc) is 2.01. The minimum atomic E-state index is 0.483. The summed E-state index contributed by atoms with van der Waals surface area (Å²) in [5.41, 5.74) is 0. The summed E-state index contributed by atoms with van der Waals surface area (Å²) in [5.74, 6) is 1.31. The van der Waals surface area contributed by atoms with Crippen LogP contribution in [0.25, 0.3) is 0 Å². The molecule has 0 saturated heterocycles. The van der Waals surface area contributed by atoms with Gasteiger partial charge in [0.2, 0.25) is 5.88 Å². The fraction of sp³-hybridized carbons (Fsp3) is 0.250. The summed E-state index contributed by atoms with van der Waals surface area (Å²) in [4.78, 5) is 7.96. The van der Waals surface area contributed by atoms with E-state index in [2.05, 4.69) is 16.5 Å². The van der Waals surface area contributed by atoms with Gasteiger partial charge in [0.05, 0.1) is 0 Å². The number of aromatic nitrogens is 2. The van der Waals surface area contributed by atoms with Gasteiger partial charge in [-0.1, -0.05) is 12.7 Å². The largest absolute Gasteiger partial charge is 0.473 e. The standard InChI is InChI=1S/C8H10N2O/c1-3-6-11-8-4-5-9-7(2)10-8/h3-5H,1,6H2,2H3. The maximum absolute atomic E-state index is 5.17. The highest BCUT2D eigenvalue weighted by Gasteiger charge is 1.92. The third kappa shape index (κ3) is 2.37. The third-order valence-corrected chi connectivity index (χ3v) is 1.10. The second-order valence-electron chi connectivity index (χ2n) is 2.04. The summed E-state index contributed by atoms with van der Waals surface area (Å²) >= 11 is 0. The molecule has 1 heterocycles. The Morgan fingerprint density at radius 2 is 2.55 bits per heavy atom. The van der Waals surface area contributed by atoms with E-state index >= 15 is 0 Å². The minimum Gasteiger partial charge on any atom is -0.473 e. The lowest BCUT2D eigenvalue weighted by molar-refractivity contribution is 0.347. The van der Waals surface area contributed by atoms with Crippen molar-refractivity contribution in [3.63, 3.8) is 0 Å². The van der Waals surface area contributed by atoms with Crippen molar-refractivity contribution in [2.45, 2.75) is 6.92 Å². The number of hydrogen-bond acceptors (Lipinski definition) is 3. The van der Waals surface area contributed by atoms with Crippen molar-refractivity contribution in [2.24, 2.45) is 0 Å². The van der Waals surface area contributed by atoms with Crippen molar-refractivity contribution in [3.8, 4) is 5.88 Å². The highest BCUT2D eigenvalue weighted by Crippen LogP contribution is 2.03. The summed E-state index contributed by atoms with van der Waals surface area (Å²) in [5, 5.41) is 0. The zero-order valence-electron chi connectivity index (χ0n) is 6.45. The molecule has 11 heavy (non-hydrogen) atoms. The van der Waals surface area contributed by atoms with Gasteiger partial charge in [-0.05, 0) is 6.92 Å². The fourth-order valence-corrected chi connectivity index (χ4v) is 0.659. The van der Waals surface area contributed by atoms with Crippen LogP contribution in [0.4, 0.5) is 0 Å². The van der Waals surface area contributed by atoms with Gasteiger partial charge >= 0.3 is 0 Å². The van der Waals surface area contributed by atoms with Crippen LogP contribution in [0.3, 0.4) is 0 Å². The van der Waals surface area contributed by atoms with E-state index in [1.165, 1.54) is 0 Å². The van der Waals surface area contributed by atoms with E-state index < -0.39 is 0 Å². The maximum atomic E-state index is 5.17. The van der Waals surface area contributed by atoms with Gasteiger partial charge in [0.15, 0.2) is 0 Å². The highest BCUT2D eigenvalue weighted by atomic mass is 16.5. The van der Waals surface area contributed by atoms with Gasteiger partial charge < -0.3 is 4.74 Å². The van der Waals surface area contributed by atoms with Gasteiger partial charge in [0.1, 0.15) is 12.4 Å². The molecule has 1 aromatic heterocycles. The second-order valence-corrected chi connectivity index (χ2v) is 2.04. The number of aryl methyl sites for hydroxylation is 1. The summed E-state index contributed by atoms with van der Waals surface area (Å²) < 4.78 is 5.17. The molecule has 0 radical (unpaired) electrons. The summed E-state index contributed by atoms with van der Waals surface area (Å²) in [6.07, 6.45) is 3.35. The minimum absolute atomic E-state index is 0.483. The Balaban J connectivity index is 2.63. The smallest absolute Gasteiger partial charge is 0.216 e. The van der Waals surface area contributed by atoms with Crippen molar-refractivity contribution in [1.82, 2.24) is 9.97 Å². The Morgan fingerprint density at radius 1 is 1.73 bits per heavy atom. The molecule has 0 aliphatic carbocycles. The molecule has 58 valence electrons. The maximum Gasteiger partial charge on any atom is 0.216 e. The van der Waals surface area contributed by atoms with Crippen molar-refractivity contribution in [1.29, 1.82) is 0 Å². The van der Waals surface area contributed by atoms with Crippen LogP contribution in [0.2, 0.25) is 0 Å². The molecule has 3 nitrogen and oxygen atoms in total. The molecule has 0 aliphatic rings. The molecule has 1 aromatic rings. The molecule has 0 fully saturated rings. The summed E-state index contributed by atoms with van der Waals surface area (Å²) in [6.45, 7) is 5.83. The highest BCUT2D eigenvalue weighted by molar-refractivity contribution is 5.07. The average molecular weight is 150 g/mol. The van der Waals surface area contributed by atoms with Crippen LogP contribution in [0.5, 0.6) is 5.88 Å². The summed E-state index contributed by atoms with van der Waals surface area (Å²) in [6, 6.07) is 1.72. The van der Waals surface area contributed by atoms with Crippen molar-refractivity contribution < 1.29 is 4.74 Å². The normalized spacial score (nSPS) is 9.18. The first-order valence-electron chi connectivity index (χ1n) is 3.36. The van der Waals surface area contributed by atoms with E-state index in [0.717, 1.165) is 0 Å². The van der Waals surface area contributed by atoms with Crippen LogP contribution < -0.4 is 4.74 Å². The molecule has 0 aliphatic heterocycles. The number of ether oxygens (including phenoxy) is 1. The molecular formula is C8H10N2O. The van der Waals surface area contributed by atoms with Gasteiger partial charge in [-0.2, -0.15) is 4.98 Å². The van der Waals surface area contributed by atoms with E-state index in [0.29, 0.717) is 18.3 Å². The van der Waals surface area contributed by atoms with Crippen LogP contribution >= 0.6 is 0 Å². The quantitative estimate of drug-likeness (QED) is 0.610. The van der Waals surface area contributed by atoms with Crippen molar-refractivity contribution in [3.05, 3.63) is 30.7 Å². The van der Waals surface area contributed by atoms with E-state index in [4.69, 9.17) is 4.74 Å². The molecule has 0 bridgehead atoms. The predicted molar refractivity (Wildman–Crippen MR) is 42.5 cm³/mol. The first-order chi connectivity index (χ1) is 5.33. The molecule has 0 saturated carbocycles. The van der Waals surface area contributed by atoms with Crippen LogP contribution in [0.15, 0.2) is 24.9 Å². The zero-order valence-corrected chi connectivity index (χ0v) is 6.45. The molecule has 3 heteroatoms. The SMILES string of the molecule is C=CCOc1ccnc(C)n1. The van der Waals surface area contributed by atoms with Gasteiger partial charge in [0, 0.05) is 12.3 Å². The zero-order chi connectivity index (χ0) is 8.10. The molecular weight excluding hydrogens is 140 g/mol. The van der Waals surface area contributed by atoms with Crippen LogP contribution in [0.1, 0.15) is 5.82 Å². The van der Waals surface area contributed by atoms with Crippen LogP contribution in [-0.2, 0) is 0 Å². The first-order valence-corrected chi connectivity index (χ1v) is 3.36. The lowest BCUT2D eigenvalue weighted by atomic mass is 10.6. The first kappa shape index (κ1) is 7.72. The Bertz CT molecular complexity index is 248. The van der Waals surface area contributed by atoms with Gasteiger partial charge in [-0.3, -0.25) is 0 Å². The van der Waals surface area contributed by atoms with E-state index in [-0.39, 0.29) is 0 Å². The Hall–Kier alpha value is -1.38. The second kappa shape index (κ2) is 3.71. The van der Waals surface area contributed by atoms with E-state index in [1.54, 1.807) is 18.3 Å². The number of rotatable bonds is 3. The number of hydrogen-bond donors (Lipinski definition) is 0. The Kier molecular flexibility index (Phi) is 2.60. The molecule has 0 aromatic carbocycles. The van der Waals surface area contributed by atoms with Crippen LogP contribution in [0, 0.1) is 6.92 Å². The van der Waals surface area contributed by atoms with Gasteiger partial charge in [-0.15, -0.1) is 0 Å². The Morgan fingerprint density at radius 3 is 3.18 bits per heavy atom. The molecule has 0 amide bonds. The van der Waals surface area contributed by atoms with E-state index in [1.807, 2.05) is 6.92 Å². The number of nitrogens with zero attached hydrogens (tertiary/aromatic N) is 2. The monoisotopic (exact) mass is 150 g/mol. The molecule has 0 spiro atoms. The lowest BCUT2D eigenvalue weighted by Crippen LogP contribution is -1.97. The van der Waals surface area contributed by atoms with E-state index in [9.17, 15) is 0 Å². The summed E-state index contributed by atoms with van der Waals surface area (Å²) in [7, 11) is 0. The molecule has 0 unspecified atom stereocenters. The van der Waals surface area contributed by atoms with Crippen LogP contribution in [-0.4, -0.2) is 16.6 Å². The Labute approximate surface area is 65.8 Å². The topological polar surface area (TPSA) is 35.0 Å². The molecule has 0 N–H and O–H groups in total. The fourth-order valence-electron chi connectivity index (χ4n) is 0.659. The third-order valence-electron chi connectivity index (χ3n) is 1.10. The van der Waals surface area contributed by atoms with Crippen molar-refractivity contribution >= 4 is 0 Å². The van der Waals surface area contributed by atoms with Gasteiger partial charge in [-0.25, -0.2) is 4.98 Å². The molecule has 0 atom stereocenters. The van der Waals surface area contributed by atoms with Crippen molar-refractivity contribution in [2.75, 3.05) is 6.61 Å². The lowest BCUT2D eigenvalue weighted by Gasteiger charge is -2.00. The molecule has 1 rings (SSSR count). The predicted octanol–water partition coefficient (Wildman–Crippen LogP) is 1.35. The van der Waals surface area contributed by atoms with Gasteiger partial charge in [0.25, 0.3) is 0 Å².